The Morgan fingerprint density at radius 2 is 2.47 bits per heavy atom. The molecule has 0 saturated carbocycles. The highest BCUT2D eigenvalue weighted by atomic mass is 79.9. The number of nitrogens with one attached hydrogen (secondary N) is 2. The molecule has 1 atom stereocenters. The molecule has 2 N–H and O–H groups in total. The van der Waals surface area contributed by atoms with E-state index in [9.17, 15) is 0 Å². The van der Waals surface area contributed by atoms with Gasteiger partial charge in [-0.3, -0.25) is 0 Å². The van der Waals surface area contributed by atoms with Crippen molar-refractivity contribution in [1.29, 1.82) is 0 Å². The molecule has 80 valence electrons. The molecule has 15 heavy (non-hydrogen) atoms. The Bertz CT molecular complexity index is 410. The highest BCUT2D eigenvalue weighted by Crippen LogP contribution is 2.15. The van der Waals surface area contributed by atoms with Crippen LogP contribution in [0.15, 0.2) is 33.7 Å². The van der Waals surface area contributed by atoms with Crippen molar-refractivity contribution in [3.8, 4) is 0 Å². The van der Waals surface area contributed by atoms with Gasteiger partial charge < -0.3 is 14.7 Å². The fourth-order valence-electron chi connectivity index (χ4n) is 1.31. The minimum Gasteiger partial charge on any atom is -0.453 e. The number of hydrogen-bond acceptors (Lipinski definition) is 3. The molecule has 4 nitrogen and oxygen atoms in total. The van der Waals surface area contributed by atoms with Gasteiger partial charge in [0.2, 0.25) is 0 Å². The van der Waals surface area contributed by atoms with E-state index in [1.807, 2.05) is 18.3 Å². The van der Waals surface area contributed by atoms with Gasteiger partial charge in [-0.15, -0.1) is 0 Å². The summed E-state index contributed by atoms with van der Waals surface area (Å²) in [5.41, 5.74) is 1.07. The Balaban J connectivity index is 1.88. The number of aromatic amines is 1. The lowest BCUT2D eigenvalue weighted by molar-refractivity contribution is 0.444. The molecule has 0 saturated heterocycles. The van der Waals surface area contributed by atoms with E-state index in [2.05, 4.69) is 38.1 Å². The highest BCUT2D eigenvalue weighted by Gasteiger charge is 2.06. The molecule has 0 aliphatic heterocycles. The van der Waals surface area contributed by atoms with E-state index in [0.717, 1.165) is 16.1 Å². The van der Waals surface area contributed by atoms with Gasteiger partial charge in [-0.05, 0) is 35.0 Å². The molecule has 0 radical (unpaired) electrons. The van der Waals surface area contributed by atoms with Crippen LogP contribution in [0.3, 0.4) is 0 Å². The molecular formula is C10H12BrN3O. The van der Waals surface area contributed by atoms with Crippen molar-refractivity contribution in [2.75, 3.05) is 0 Å². The predicted octanol–water partition coefficient (Wildman–Crippen LogP) is 2.62. The first-order chi connectivity index (χ1) is 7.25. The number of rotatable bonds is 4. The fourth-order valence-corrected chi connectivity index (χ4v) is 1.65. The molecule has 0 fully saturated rings. The Morgan fingerprint density at radius 3 is 3.07 bits per heavy atom. The topological polar surface area (TPSA) is 53.9 Å². The summed E-state index contributed by atoms with van der Waals surface area (Å²) >= 11 is 3.27. The molecule has 2 aromatic rings. The van der Waals surface area contributed by atoms with E-state index >= 15 is 0 Å². The van der Waals surface area contributed by atoms with Crippen LogP contribution in [0.2, 0.25) is 0 Å². The molecular weight excluding hydrogens is 258 g/mol. The van der Waals surface area contributed by atoms with Crippen molar-refractivity contribution >= 4 is 15.9 Å². The van der Waals surface area contributed by atoms with Gasteiger partial charge in [0.25, 0.3) is 0 Å². The first-order valence-electron chi connectivity index (χ1n) is 4.71. The van der Waals surface area contributed by atoms with E-state index in [4.69, 9.17) is 4.42 Å². The van der Waals surface area contributed by atoms with Crippen molar-refractivity contribution in [3.63, 3.8) is 0 Å². The molecule has 0 amide bonds. The molecule has 1 unspecified atom stereocenters. The zero-order valence-electron chi connectivity index (χ0n) is 8.33. The average Bonchev–Trinajstić information content (AvgIpc) is 2.84. The van der Waals surface area contributed by atoms with Gasteiger partial charge in [-0.1, -0.05) is 0 Å². The number of hydrogen-bond donors (Lipinski definition) is 2. The third kappa shape index (κ3) is 2.70. The third-order valence-electron chi connectivity index (χ3n) is 2.20. The summed E-state index contributed by atoms with van der Waals surface area (Å²) in [6, 6.07) is 4.06. The van der Waals surface area contributed by atoms with Gasteiger partial charge in [0.15, 0.2) is 4.67 Å². The normalized spacial score (nSPS) is 12.9. The lowest BCUT2D eigenvalue weighted by atomic mass is 10.2. The number of H-pyrrole nitrogens is 1. The summed E-state index contributed by atoms with van der Waals surface area (Å²) in [5.74, 6) is 0.910. The third-order valence-corrected chi connectivity index (χ3v) is 2.62. The van der Waals surface area contributed by atoms with E-state index in [-0.39, 0.29) is 6.04 Å². The Hall–Kier alpha value is -1.07. The summed E-state index contributed by atoms with van der Waals surface area (Å²) in [6.45, 7) is 2.78. The monoisotopic (exact) mass is 269 g/mol. The van der Waals surface area contributed by atoms with Gasteiger partial charge in [0, 0.05) is 12.2 Å². The molecule has 0 aliphatic rings. The maximum atomic E-state index is 5.38. The number of nitrogens with zero attached hydrogens (tertiary/aromatic N) is 1. The lowest BCUT2D eigenvalue weighted by Crippen LogP contribution is -2.17. The Labute approximate surface area is 96.2 Å². The predicted molar refractivity (Wildman–Crippen MR) is 60.3 cm³/mol. The second-order valence-corrected chi connectivity index (χ2v) is 4.10. The molecule has 5 heteroatoms. The summed E-state index contributed by atoms with van der Waals surface area (Å²) in [6.07, 6.45) is 3.49. The van der Waals surface area contributed by atoms with E-state index in [1.165, 1.54) is 0 Å². The SMILES string of the molecule is CC(NCc1ccc(Br)o1)c1cnc[nH]1. The molecule has 0 aliphatic carbocycles. The highest BCUT2D eigenvalue weighted by molar-refractivity contribution is 9.10. The zero-order chi connectivity index (χ0) is 10.7. The number of halogens is 1. The van der Waals surface area contributed by atoms with Crippen molar-refractivity contribution < 1.29 is 4.42 Å². The van der Waals surface area contributed by atoms with Crippen molar-refractivity contribution in [3.05, 3.63) is 40.8 Å². The van der Waals surface area contributed by atoms with Crippen LogP contribution in [0.4, 0.5) is 0 Å². The average molecular weight is 270 g/mol. The van der Waals surface area contributed by atoms with Crippen LogP contribution in [0, 0.1) is 0 Å². The van der Waals surface area contributed by atoms with E-state index in [1.54, 1.807) is 6.33 Å². The molecule has 0 bridgehead atoms. The summed E-state index contributed by atoms with van der Waals surface area (Å²) in [4.78, 5) is 7.04. The number of imidazole rings is 1. The van der Waals surface area contributed by atoms with Gasteiger partial charge in [-0.25, -0.2) is 4.98 Å². The molecule has 0 aromatic carbocycles. The maximum absolute atomic E-state index is 5.38. The quantitative estimate of drug-likeness (QED) is 0.897. The first kappa shape index (κ1) is 10.4. The maximum Gasteiger partial charge on any atom is 0.169 e. The van der Waals surface area contributed by atoms with Gasteiger partial charge in [-0.2, -0.15) is 0 Å². The standard InChI is InChI=1S/C10H12BrN3O/c1-7(9-5-12-6-14-9)13-4-8-2-3-10(11)15-8/h2-3,5-7,13H,4H2,1H3,(H,12,14). The molecule has 2 rings (SSSR count). The van der Waals surface area contributed by atoms with Crippen LogP contribution < -0.4 is 5.32 Å². The van der Waals surface area contributed by atoms with Crippen LogP contribution in [-0.4, -0.2) is 9.97 Å². The summed E-state index contributed by atoms with van der Waals surface area (Å²) in [5, 5.41) is 3.33. The van der Waals surface area contributed by atoms with Crippen LogP contribution >= 0.6 is 15.9 Å². The van der Waals surface area contributed by atoms with Crippen LogP contribution in [0.1, 0.15) is 24.4 Å². The van der Waals surface area contributed by atoms with Crippen LogP contribution in [-0.2, 0) is 6.54 Å². The van der Waals surface area contributed by atoms with Crippen molar-refractivity contribution in [2.24, 2.45) is 0 Å². The smallest absolute Gasteiger partial charge is 0.169 e. The number of aromatic nitrogens is 2. The minimum atomic E-state index is 0.233. The van der Waals surface area contributed by atoms with Crippen LogP contribution in [0.25, 0.3) is 0 Å². The zero-order valence-corrected chi connectivity index (χ0v) is 9.91. The number of furan rings is 1. The molecule has 2 heterocycles. The van der Waals surface area contributed by atoms with Crippen molar-refractivity contribution in [2.45, 2.75) is 19.5 Å². The summed E-state index contributed by atoms with van der Waals surface area (Å²) in [7, 11) is 0. The first-order valence-corrected chi connectivity index (χ1v) is 5.51. The van der Waals surface area contributed by atoms with Crippen LogP contribution in [0.5, 0.6) is 0 Å². The van der Waals surface area contributed by atoms with Gasteiger partial charge in [0.1, 0.15) is 5.76 Å². The van der Waals surface area contributed by atoms with E-state index < -0.39 is 0 Å². The Morgan fingerprint density at radius 1 is 1.60 bits per heavy atom. The lowest BCUT2D eigenvalue weighted by Gasteiger charge is -2.09. The van der Waals surface area contributed by atoms with Gasteiger partial charge >= 0.3 is 0 Å². The summed E-state index contributed by atoms with van der Waals surface area (Å²) < 4.78 is 6.14. The Kier molecular flexibility index (Phi) is 3.23. The fraction of sp³-hybridized carbons (Fsp3) is 0.300. The molecule has 2 aromatic heterocycles. The van der Waals surface area contributed by atoms with Crippen molar-refractivity contribution in [1.82, 2.24) is 15.3 Å². The minimum absolute atomic E-state index is 0.233. The molecule has 0 spiro atoms. The second kappa shape index (κ2) is 4.63. The van der Waals surface area contributed by atoms with Gasteiger partial charge in [0.05, 0.1) is 18.6 Å². The largest absolute Gasteiger partial charge is 0.453 e. The van der Waals surface area contributed by atoms with E-state index in [0.29, 0.717) is 6.54 Å². The second-order valence-electron chi connectivity index (χ2n) is 3.32.